The number of hydrogen-bond acceptors (Lipinski definition) is 5. The third-order valence-corrected chi connectivity index (χ3v) is 5.38. The maximum Gasteiger partial charge on any atom is 0.259 e. The molecule has 164 valence electrons. The second-order valence-electron chi connectivity index (χ2n) is 7.29. The summed E-state index contributed by atoms with van der Waals surface area (Å²) >= 11 is 0. The van der Waals surface area contributed by atoms with Gasteiger partial charge in [-0.15, -0.1) is 6.58 Å². The van der Waals surface area contributed by atoms with Gasteiger partial charge in [0.05, 0.1) is 19.8 Å². The number of hydrogen-bond donors (Lipinski definition) is 2. The molecule has 2 amide bonds. The van der Waals surface area contributed by atoms with Gasteiger partial charge in [0.25, 0.3) is 11.8 Å². The highest BCUT2D eigenvalue weighted by Gasteiger charge is 2.26. The lowest BCUT2D eigenvalue weighted by Gasteiger charge is -2.35. The Morgan fingerprint density at radius 2 is 1.68 bits per heavy atom. The van der Waals surface area contributed by atoms with Crippen molar-refractivity contribution in [3.8, 4) is 11.5 Å². The largest absolute Gasteiger partial charge is 0.496 e. The molecule has 0 saturated carbocycles. The van der Waals surface area contributed by atoms with E-state index < -0.39 is 0 Å². The number of benzene rings is 2. The summed E-state index contributed by atoms with van der Waals surface area (Å²) in [6, 6.07) is 12.9. The van der Waals surface area contributed by atoms with Crippen molar-refractivity contribution in [3.63, 3.8) is 0 Å². The van der Waals surface area contributed by atoms with Crippen LogP contribution in [0.5, 0.6) is 11.5 Å². The van der Waals surface area contributed by atoms with Crippen LogP contribution in [-0.4, -0.2) is 51.7 Å². The first-order chi connectivity index (χ1) is 15.1. The van der Waals surface area contributed by atoms with Gasteiger partial charge in [-0.05, 0) is 37.1 Å². The van der Waals surface area contributed by atoms with Crippen LogP contribution in [0, 0.1) is 0 Å². The van der Waals surface area contributed by atoms with E-state index in [9.17, 15) is 9.59 Å². The fourth-order valence-corrected chi connectivity index (χ4v) is 3.80. The van der Waals surface area contributed by atoms with Crippen molar-refractivity contribution in [1.82, 2.24) is 10.6 Å². The minimum atomic E-state index is -0.211. The zero-order valence-electron chi connectivity index (χ0n) is 18.0. The van der Waals surface area contributed by atoms with E-state index in [0.29, 0.717) is 29.2 Å². The van der Waals surface area contributed by atoms with Crippen molar-refractivity contribution in [2.24, 2.45) is 0 Å². The third kappa shape index (κ3) is 5.17. The molecule has 0 atom stereocenters. The Labute approximate surface area is 183 Å². The highest BCUT2D eigenvalue weighted by Crippen LogP contribution is 2.29. The fourth-order valence-electron chi connectivity index (χ4n) is 3.80. The molecule has 3 rings (SSSR count). The highest BCUT2D eigenvalue weighted by molar-refractivity contribution is 6.00. The van der Waals surface area contributed by atoms with E-state index in [0.717, 1.165) is 31.6 Å². The quantitative estimate of drug-likeness (QED) is 0.638. The van der Waals surface area contributed by atoms with Gasteiger partial charge in [-0.3, -0.25) is 9.59 Å². The van der Waals surface area contributed by atoms with E-state index in [4.69, 9.17) is 9.47 Å². The first kappa shape index (κ1) is 22.2. The first-order valence-corrected chi connectivity index (χ1v) is 10.3. The van der Waals surface area contributed by atoms with Crippen LogP contribution < -0.4 is 25.0 Å². The second-order valence-corrected chi connectivity index (χ2v) is 7.29. The van der Waals surface area contributed by atoms with Crippen LogP contribution in [-0.2, 0) is 0 Å². The van der Waals surface area contributed by atoms with Crippen LogP contribution in [0.15, 0.2) is 55.1 Å². The Balaban J connectivity index is 1.66. The Morgan fingerprint density at radius 3 is 2.29 bits per heavy atom. The number of amides is 2. The van der Waals surface area contributed by atoms with E-state index in [1.54, 1.807) is 24.3 Å². The Bertz CT molecular complexity index is 914. The molecule has 31 heavy (non-hydrogen) atoms. The molecule has 1 aliphatic rings. The summed E-state index contributed by atoms with van der Waals surface area (Å²) in [7, 11) is 3.07. The summed E-state index contributed by atoms with van der Waals surface area (Å²) in [6.45, 7) is 5.53. The number of rotatable bonds is 8. The van der Waals surface area contributed by atoms with Crippen LogP contribution >= 0.6 is 0 Å². The molecule has 0 aromatic heterocycles. The lowest BCUT2D eigenvalue weighted by Crippen LogP contribution is -2.45. The van der Waals surface area contributed by atoms with Gasteiger partial charge >= 0.3 is 0 Å². The van der Waals surface area contributed by atoms with Gasteiger partial charge in [0.1, 0.15) is 17.1 Å². The monoisotopic (exact) mass is 423 g/mol. The summed E-state index contributed by atoms with van der Waals surface area (Å²) in [6.07, 6.45) is 3.20. The molecule has 0 bridgehead atoms. The smallest absolute Gasteiger partial charge is 0.259 e. The van der Waals surface area contributed by atoms with Crippen molar-refractivity contribution in [2.75, 3.05) is 38.8 Å². The van der Waals surface area contributed by atoms with E-state index in [2.05, 4.69) is 22.1 Å². The fraction of sp³-hybridized carbons (Fsp3) is 0.333. The summed E-state index contributed by atoms with van der Waals surface area (Å²) in [5.74, 6) is 0.633. The predicted molar refractivity (Wildman–Crippen MR) is 121 cm³/mol. The van der Waals surface area contributed by atoms with Gasteiger partial charge in [-0.25, -0.2) is 0 Å². The van der Waals surface area contributed by atoms with E-state index >= 15 is 0 Å². The maximum atomic E-state index is 12.9. The molecule has 0 radical (unpaired) electrons. The van der Waals surface area contributed by atoms with Crippen LogP contribution in [0.25, 0.3) is 0 Å². The number of para-hydroxylation sites is 1. The normalized spacial score (nSPS) is 13.9. The third-order valence-electron chi connectivity index (χ3n) is 5.38. The van der Waals surface area contributed by atoms with Crippen LogP contribution in [0.4, 0.5) is 5.69 Å². The van der Waals surface area contributed by atoms with Gasteiger partial charge in [-0.2, -0.15) is 0 Å². The molecule has 0 spiro atoms. The number of nitrogens with one attached hydrogen (secondary N) is 2. The minimum Gasteiger partial charge on any atom is -0.496 e. The molecule has 0 unspecified atom stereocenters. The minimum absolute atomic E-state index is 0.0279. The molecule has 2 aromatic carbocycles. The van der Waals surface area contributed by atoms with Gasteiger partial charge in [-0.1, -0.05) is 24.3 Å². The highest BCUT2D eigenvalue weighted by atomic mass is 16.5. The summed E-state index contributed by atoms with van der Waals surface area (Å²) in [5, 5.41) is 5.94. The molecule has 1 saturated heterocycles. The first-order valence-electron chi connectivity index (χ1n) is 10.3. The van der Waals surface area contributed by atoms with Crippen LogP contribution in [0.3, 0.4) is 0 Å². The molecule has 7 heteroatoms. The molecule has 2 aromatic rings. The Morgan fingerprint density at radius 1 is 1.03 bits per heavy atom. The zero-order valence-corrected chi connectivity index (χ0v) is 18.0. The lowest BCUT2D eigenvalue weighted by molar-refractivity contribution is 0.0923. The Kier molecular flexibility index (Phi) is 7.54. The predicted octanol–water partition coefficient (Wildman–Crippen LogP) is 3.02. The van der Waals surface area contributed by atoms with Gasteiger partial charge < -0.3 is 25.0 Å². The number of anilines is 1. The van der Waals surface area contributed by atoms with Crippen molar-refractivity contribution in [3.05, 3.63) is 66.2 Å². The number of carbonyl (C=O) groups excluding carboxylic acids is 2. The number of ether oxygens (including phenoxy) is 2. The van der Waals surface area contributed by atoms with Crippen LogP contribution in [0.2, 0.25) is 0 Å². The zero-order chi connectivity index (χ0) is 22.2. The molecule has 1 aliphatic heterocycles. The van der Waals surface area contributed by atoms with E-state index in [1.807, 2.05) is 24.3 Å². The number of methoxy groups -OCH3 is 2. The van der Waals surface area contributed by atoms with E-state index in [1.165, 1.54) is 14.2 Å². The second kappa shape index (κ2) is 10.5. The summed E-state index contributed by atoms with van der Waals surface area (Å²) in [4.78, 5) is 27.6. The average Bonchev–Trinajstić information content (AvgIpc) is 2.82. The molecule has 1 fully saturated rings. The molecule has 0 aliphatic carbocycles. The topological polar surface area (TPSA) is 79.9 Å². The number of nitrogens with zero attached hydrogens (tertiary/aromatic N) is 1. The van der Waals surface area contributed by atoms with Gasteiger partial charge in [0.15, 0.2) is 0 Å². The lowest BCUT2D eigenvalue weighted by atomic mass is 10.0. The maximum absolute atomic E-state index is 12.9. The summed E-state index contributed by atoms with van der Waals surface area (Å²) in [5.41, 5.74) is 1.95. The van der Waals surface area contributed by atoms with Crippen LogP contribution in [0.1, 0.15) is 33.6 Å². The molecule has 7 nitrogen and oxygen atoms in total. The van der Waals surface area contributed by atoms with Crippen molar-refractivity contribution in [1.29, 1.82) is 0 Å². The standard InChI is InChI=1S/C24H29N3O4/c1-4-14-25-23(28)18-8-5-6-9-19(18)27-15-12-17(13-16-27)26-24(29)22-20(30-2)10-7-11-21(22)31-3/h4-11,17H,1,12-16H2,2-3H3,(H,25,28)(H,26,29). The number of piperidine rings is 1. The SMILES string of the molecule is C=CCNC(=O)c1ccccc1N1CCC(NC(=O)c2c(OC)cccc2OC)CC1. The van der Waals surface area contributed by atoms with Crippen molar-refractivity contribution >= 4 is 17.5 Å². The average molecular weight is 424 g/mol. The van der Waals surface area contributed by atoms with Crippen molar-refractivity contribution in [2.45, 2.75) is 18.9 Å². The Hall–Kier alpha value is -3.48. The van der Waals surface area contributed by atoms with Gasteiger partial charge in [0.2, 0.25) is 0 Å². The summed E-state index contributed by atoms with van der Waals surface area (Å²) < 4.78 is 10.7. The molecular weight excluding hydrogens is 394 g/mol. The number of carbonyl (C=O) groups is 2. The molecule has 1 heterocycles. The van der Waals surface area contributed by atoms with Crippen molar-refractivity contribution < 1.29 is 19.1 Å². The molecular formula is C24H29N3O4. The van der Waals surface area contributed by atoms with Gasteiger partial charge in [0, 0.05) is 31.4 Å². The van der Waals surface area contributed by atoms with E-state index in [-0.39, 0.29) is 17.9 Å². The molecule has 2 N–H and O–H groups in total.